The maximum atomic E-state index is 13.0. The Kier molecular flexibility index (Phi) is 5.59. The molecule has 0 bridgehead atoms. The SMILES string of the molecule is Cc1cc(NC(=O)[C@H](C)N2CCN(S(=O)(=O)c3ccc(F)cc3)CC2)no1. The Labute approximate surface area is 157 Å². The number of hydrogen-bond donors (Lipinski definition) is 1. The van der Waals surface area contributed by atoms with Crippen LogP contribution in [0.4, 0.5) is 10.2 Å². The molecule has 146 valence electrons. The first-order valence-corrected chi connectivity index (χ1v) is 9.95. The van der Waals surface area contributed by atoms with Gasteiger partial charge in [-0.3, -0.25) is 9.69 Å². The largest absolute Gasteiger partial charge is 0.360 e. The summed E-state index contributed by atoms with van der Waals surface area (Å²) < 4.78 is 44.6. The second-order valence-corrected chi connectivity index (χ2v) is 8.32. The molecule has 2 aromatic rings. The normalized spacial score (nSPS) is 17.6. The van der Waals surface area contributed by atoms with Crippen LogP contribution in [0.1, 0.15) is 12.7 Å². The quantitative estimate of drug-likeness (QED) is 0.822. The van der Waals surface area contributed by atoms with Crippen LogP contribution in [0.3, 0.4) is 0 Å². The van der Waals surface area contributed by atoms with Gasteiger partial charge in [-0.2, -0.15) is 4.31 Å². The monoisotopic (exact) mass is 396 g/mol. The molecule has 8 nitrogen and oxygen atoms in total. The molecule has 27 heavy (non-hydrogen) atoms. The predicted molar refractivity (Wildman–Crippen MR) is 96.1 cm³/mol. The average molecular weight is 396 g/mol. The van der Waals surface area contributed by atoms with Gasteiger partial charge in [0.25, 0.3) is 0 Å². The summed E-state index contributed by atoms with van der Waals surface area (Å²) in [7, 11) is -3.68. The molecule has 0 radical (unpaired) electrons. The van der Waals surface area contributed by atoms with Crippen molar-refractivity contribution in [2.45, 2.75) is 24.8 Å². The molecule has 0 saturated carbocycles. The highest BCUT2D eigenvalue weighted by molar-refractivity contribution is 7.89. The van der Waals surface area contributed by atoms with Gasteiger partial charge in [0.15, 0.2) is 5.82 Å². The Morgan fingerprint density at radius 2 is 1.85 bits per heavy atom. The van der Waals surface area contributed by atoms with Gasteiger partial charge in [-0.1, -0.05) is 5.16 Å². The van der Waals surface area contributed by atoms with E-state index < -0.39 is 21.9 Å². The maximum Gasteiger partial charge on any atom is 0.243 e. The number of nitrogens with one attached hydrogen (secondary N) is 1. The third-order valence-electron chi connectivity index (χ3n) is 4.53. The van der Waals surface area contributed by atoms with Gasteiger partial charge in [-0.05, 0) is 38.1 Å². The lowest BCUT2D eigenvalue weighted by Gasteiger charge is -2.36. The van der Waals surface area contributed by atoms with E-state index in [0.717, 1.165) is 12.1 Å². The Bertz CT molecular complexity index is 905. The molecular weight excluding hydrogens is 375 g/mol. The molecule has 0 spiro atoms. The molecule has 0 aliphatic carbocycles. The zero-order valence-electron chi connectivity index (χ0n) is 15.1. The van der Waals surface area contributed by atoms with Crippen molar-refractivity contribution in [1.82, 2.24) is 14.4 Å². The first-order valence-electron chi connectivity index (χ1n) is 8.51. The second-order valence-electron chi connectivity index (χ2n) is 6.38. The van der Waals surface area contributed by atoms with E-state index in [0.29, 0.717) is 24.7 Å². The van der Waals surface area contributed by atoms with E-state index in [1.54, 1.807) is 19.9 Å². The molecule has 2 heterocycles. The first-order chi connectivity index (χ1) is 12.8. The lowest BCUT2D eigenvalue weighted by Crippen LogP contribution is -2.53. The Hall–Kier alpha value is -2.30. The van der Waals surface area contributed by atoms with Crippen molar-refractivity contribution in [2.75, 3.05) is 31.5 Å². The van der Waals surface area contributed by atoms with Crippen LogP contribution in [0.2, 0.25) is 0 Å². The minimum absolute atomic E-state index is 0.0598. The van der Waals surface area contributed by atoms with E-state index in [2.05, 4.69) is 10.5 Å². The molecule has 1 amide bonds. The Morgan fingerprint density at radius 1 is 1.22 bits per heavy atom. The Balaban J connectivity index is 1.59. The summed E-state index contributed by atoms with van der Waals surface area (Å²) >= 11 is 0. The number of aromatic nitrogens is 1. The van der Waals surface area contributed by atoms with Gasteiger partial charge in [0, 0.05) is 32.2 Å². The summed E-state index contributed by atoms with van der Waals surface area (Å²) in [6, 6.07) is 5.94. The van der Waals surface area contributed by atoms with Crippen LogP contribution in [0, 0.1) is 12.7 Å². The number of aryl methyl sites for hydroxylation is 1. The van der Waals surface area contributed by atoms with Gasteiger partial charge in [-0.25, -0.2) is 12.8 Å². The van der Waals surface area contributed by atoms with Crippen molar-refractivity contribution in [2.24, 2.45) is 0 Å². The van der Waals surface area contributed by atoms with Crippen molar-refractivity contribution in [1.29, 1.82) is 0 Å². The van der Waals surface area contributed by atoms with Crippen molar-refractivity contribution >= 4 is 21.7 Å². The van der Waals surface area contributed by atoms with E-state index in [-0.39, 0.29) is 23.9 Å². The number of amides is 1. The zero-order chi connectivity index (χ0) is 19.6. The zero-order valence-corrected chi connectivity index (χ0v) is 15.9. The molecule has 1 aliphatic heterocycles. The number of carbonyl (C=O) groups is 1. The number of rotatable bonds is 5. The molecule has 1 N–H and O–H groups in total. The third kappa shape index (κ3) is 4.34. The van der Waals surface area contributed by atoms with Crippen LogP contribution in [0.15, 0.2) is 39.8 Å². The number of hydrogen-bond acceptors (Lipinski definition) is 6. The second kappa shape index (κ2) is 7.75. The topological polar surface area (TPSA) is 95.8 Å². The number of carbonyl (C=O) groups excluding carboxylic acids is 1. The lowest BCUT2D eigenvalue weighted by molar-refractivity contribution is -0.121. The van der Waals surface area contributed by atoms with Crippen LogP contribution < -0.4 is 5.32 Å². The highest BCUT2D eigenvalue weighted by Gasteiger charge is 2.32. The van der Waals surface area contributed by atoms with Crippen molar-refractivity contribution in [3.8, 4) is 0 Å². The summed E-state index contributed by atoms with van der Waals surface area (Å²) in [6.45, 7) is 4.81. The first kappa shape index (κ1) is 19.5. The van der Waals surface area contributed by atoms with Gasteiger partial charge in [0.1, 0.15) is 11.6 Å². The number of halogens is 1. The standard InChI is InChI=1S/C17H21FN4O4S/c1-12-11-16(20-26-12)19-17(23)13(2)21-7-9-22(10-8-21)27(24,25)15-5-3-14(18)4-6-15/h3-6,11,13H,7-10H2,1-2H3,(H,19,20,23)/t13-/m0/s1. The molecule has 1 fully saturated rings. The molecule has 1 saturated heterocycles. The highest BCUT2D eigenvalue weighted by Crippen LogP contribution is 2.19. The smallest absolute Gasteiger partial charge is 0.243 e. The summed E-state index contributed by atoms with van der Waals surface area (Å²) in [5, 5.41) is 6.41. The van der Waals surface area contributed by atoms with Gasteiger partial charge in [0.2, 0.25) is 15.9 Å². The van der Waals surface area contributed by atoms with Crippen molar-refractivity contribution in [3.05, 3.63) is 41.9 Å². The molecule has 1 aromatic carbocycles. The number of nitrogens with zero attached hydrogens (tertiary/aromatic N) is 3. The van der Waals surface area contributed by atoms with E-state index >= 15 is 0 Å². The molecule has 3 rings (SSSR count). The average Bonchev–Trinajstić information content (AvgIpc) is 3.06. The summed E-state index contributed by atoms with van der Waals surface area (Å²) in [4.78, 5) is 14.3. The predicted octanol–water partition coefficient (Wildman–Crippen LogP) is 1.46. The minimum Gasteiger partial charge on any atom is -0.360 e. The summed E-state index contributed by atoms with van der Waals surface area (Å²) in [5.41, 5.74) is 0. The van der Waals surface area contributed by atoms with Gasteiger partial charge < -0.3 is 9.84 Å². The van der Waals surface area contributed by atoms with Crippen LogP contribution in [0.5, 0.6) is 0 Å². The summed E-state index contributed by atoms with van der Waals surface area (Å²) in [5.74, 6) is 0.221. The van der Waals surface area contributed by atoms with E-state index in [9.17, 15) is 17.6 Å². The molecule has 1 atom stereocenters. The van der Waals surface area contributed by atoms with Crippen molar-refractivity contribution < 1.29 is 22.1 Å². The number of anilines is 1. The molecule has 1 aliphatic rings. The van der Waals surface area contributed by atoms with E-state index in [1.165, 1.54) is 16.4 Å². The van der Waals surface area contributed by atoms with Crippen LogP contribution in [-0.4, -0.2) is 60.9 Å². The molecule has 1 aromatic heterocycles. The fraction of sp³-hybridized carbons (Fsp3) is 0.412. The molecule has 10 heteroatoms. The molecule has 0 unspecified atom stereocenters. The minimum atomic E-state index is -3.68. The maximum absolute atomic E-state index is 13.0. The molecular formula is C17H21FN4O4S. The number of piperazine rings is 1. The third-order valence-corrected chi connectivity index (χ3v) is 6.44. The fourth-order valence-electron chi connectivity index (χ4n) is 2.91. The Morgan fingerprint density at radius 3 is 2.41 bits per heavy atom. The number of sulfonamides is 1. The van der Waals surface area contributed by atoms with E-state index in [1.807, 2.05) is 4.90 Å². The lowest BCUT2D eigenvalue weighted by atomic mass is 10.2. The van der Waals surface area contributed by atoms with E-state index in [4.69, 9.17) is 4.52 Å². The van der Waals surface area contributed by atoms with Gasteiger partial charge in [-0.15, -0.1) is 0 Å². The van der Waals surface area contributed by atoms with Crippen LogP contribution >= 0.6 is 0 Å². The highest BCUT2D eigenvalue weighted by atomic mass is 32.2. The van der Waals surface area contributed by atoms with Crippen LogP contribution in [-0.2, 0) is 14.8 Å². The van der Waals surface area contributed by atoms with Gasteiger partial charge >= 0.3 is 0 Å². The van der Waals surface area contributed by atoms with Crippen molar-refractivity contribution in [3.63, 3.8) is 0 Å². The number of benzene rings is 1. The van der Waals surface area contributed by atoms with Crippen LogP contribution in [0.25, 0.3) is 0 Å². The summed E-state index contributed by atoms with van der Waals surface area (Å²) in [6.07, 6.45) is 0. The fourth-order valence-corrected chi connectivity index (χ4v) is 4.33. The van der Waals surface area contributed by atoms with Gasteiger partial charge in [0.05, 0.1) is 10.9 Å².